The summed E-state index contributed by atoms with van der Waals surface area (Å²) in [5.41, 5.74) is 1.34. The van der Waals surface area contributed by atoms with Crippen molar-refractivity contribution in [3.63, 3.8) is 0 Å². The van der Waals surface area contributed by atoms with Gasteiger partial charge in [-0.15, -0.1) is 24.0 Å². The van der Waals surface area contributed by atoms with Gasteiger partial charge in [0, 0.05) is 33.2 Å². The van der Waals surface area contributed by atoms with Crippen molar-refractivity contribution >= 4 is 29.9 Å². The number of hydrogen-bond donors (Lipinski definition) is 2. The zero-order chi connectivity index (χ0) is 22.1. The minimum absolute atomic E-state index is 0. The van der Waals surface area contributed by atoms with Crippen molar-refractivity contribution in [2.45, 2.75) is 45.6 Å². The highest BCUT2D eigenvalue weighted by atomic mass is 127. The molecule has 32 heavy (non-hydrogen) atoms. The van der Waals surface area contributed by atoms with Crippen LogP contribution in [0.5, 0.6) is 5.75 Å². The average Bonchev–Trinajstić information content (AvgIpc) is 3.31. The molecule has 6 nitrogen and oxygen atoms in total. The number of aliphatic imine (C=N–C) groups is 1. The van der Waals surface area contributed by atoms with E-state index in [0.29, 0.717) is 12.0 Å². The number of likely N-dealkylation sites (tertiary alicyclic amines) is 2. The standard InChI is InChI=1S/C25H43N5O.HI/c1-20(2)18-29-13-7-8-21(19-29)16-27-25(26-3)28-17-24(30-14-5-6-15-30)22-9-11-23(31-4)12-10-22;/h9-12,20-21,24H,5-8,13-19H2,1-4H3,(H2,26,27,28);1H. The van der Waals surface area contributed by atoms with E-state index in [-0.39, 0.29) is 24.0 Å². The molecule has 2 N–H and O–H groups in total. The smallest absolute Gasteiger partial charge is 0.191 e. The van der Waals surface area contributed by atoms with Gasteiger partial charge < -0.3 is 20.3 Å². The molecule has 0 spiro atoms. The van der Waals surface area contributed by atoms with E-state index in [4.69, 9.17) is 4.74 Å². The van der Waals surface area contributed by atoms with Gasteiger partial charge in [-0.2, -0.15) is 0 Å². The summed E-state index contributed by atoms with van der Waals surface area (Å²) >= 11 is 0. The third-order valence-corrected chi connectivity index (χ3v) is 6.55. The predicted octanol–water partition coefficient (Wildman–Crippen LogP) is 3.98. The number of piperidine rings is 1. The largest absolute Gasteiger partial charge is 0.497 e. The molecule has 1 aromatic carbocycles. The SMILES string of the molecule is CN=C(NCC1CCCN(CC(C)C)C1)NCC(c1ccc(OC)cc1)N1CCCC1.I. The maximum atomic E-state index is 5.35. The van der Waals surface area contributed by atoms with Crippen LogP contribution in [-0.2, 0) is 0 Å². The molecule has 0 saturated carbocycles. The summed E-state index contributed by atoms with van der Waals surface area (Å²) in [5, 5.41) is 7.21. The van der Waals surface area contributed by atoms with Crippen LogP contribution >= 0.6 is 24.0 Å². The number of methoxy groups -OCH3 is 1. The summed E-state index contributed by atoms with van der Waals surface area (Å²) in [7, 11) is 3.60. The molecule has 2 atom stereocenters. The van der Waals surface area contributed by atoms with Crippen LogP contribution in [0.3, 0.4) is 0 Å². The zero-order valence-electron chi connectivity index (χ0n) is 20.5. The average molecular weight is 558 g/mol. The molecule has 2 fully saturated rings. The molecule has 0 radical (unpaired) electrons. The molecule has 2 unspecified atom stereocenters. The molecule has 2 heterocycles. The highest BCUT2D eigenvalue weighted by Gasteiger charge is 2.24. The number of benzene rings is 1. The Labute approximate surface area is 212 Å². The Balaban J connectivity index is 0.00000363. The number of ether oxygens (including phenoxy) is 1. The van der Waals surface area contributed by atoms with Crippen LogP contribution in [0.1, 0.15) is 51.1 Å². The van der Waals surface area contributed by atoms with Gasteiger partial charge in [0.05, 0.1) is 13.2 Å². The Bertz CT molecular complexity index is 675. The first kappa shape index (κ1) is 27.2. The Morgan fingerprint density at radius 2 is 1.81 bits per heavy atom. The molecule has 0 amide bonds. The summed E-state index contributed by atoms with van der Waals surface area (Å²) in [4.78, 5) is 9.72. The summed E-state index contributed by atoms with van der Waals surface area (Å²) in [5.74, 6) is 3.26. The molecule has 2 aliphatic rings. The van der Waals surface area contributed by atoms with E-state index < -0.39 is 0 Å². The van der Waals surface area contributed by atoms with Gasteiger partial charge in [-0.1, -0.05) is 26.0 Å². The molecule has 0 aliphatic carbocycles. The van der Waals surface area contributed by atoms with E-state index in [0.717, 1.165) is 43.8 Å². The highest BCUT2D eigenvalue weighted by Crippen LogP contribution is 2.26. The second kappa shape index (κ2) is 14.3. The van der Waals surface area contributed by atoms with Gasteiger partial charge in [-0.05, 0) is 74.8 Å². The lowest BCUT2D eigenvalue weighted by atomic mass is 9.97. The highest BCUT2D eigenvalue weighted by molar-refractivity contribution is 14.0. The molecule has 7 heteroatoms. The molecule has 2 aliphatic heterocycles. The molecule has 182 valence electrons. The first-order valence-corrected chi connectivity index (χ1v) is 12.1. The maximum absolute atomic E-state index is 5.35. The molecule has 3 rings (SSSR count). The quantitative estimate of drug-likeness (QED) is 0.273. The zero-order valence-corrected chi connectivity index (χ0v) is 22.8. The van der Waals surface area contributed by atoms with E-state index >= 15 is 0 Å². The fraction of sp³-hybridized carbons (Fsp3) is 0.720. The fourth-order valence-corrected chi connectivity index (χ4v) is 4.99. The molecular weight excluding hydrogens is 513 g/mol. The summed E-state index contributed by atoms with van der Waals surface area (Å²) < 4.78 is 5.35. The van der Waals surface area contributed by atoms with Crippen molar-refractivity contribution in [1.82, 2.24) is 20.4 Å². The fourth-order valence-electron chi connectivity index (χ4n) is 4.99. The van der Waals surface area contributed by atoms with E-state index in [9.17, 15) is 0 Å². The van der Waals surface area contributed by atoms with Gasteiger partial charge in [-0.25, -0.2) is 0 Å². The van der Waals surface area contributed by atoms with Crippen LogP contribution in [0.4, 0.5) is 0 Å². The van der Waals surface area contributed by atoms with Crippen molar-refractivity contribution in [3.8, 4) is 5.75 Å². The Morgan fingerprint density at radius 3 is 2.44 bits per heavy atom. The summed E-state index contributed by atoms with van der Waals surface area (Å²) in [6.45, 7) is 12.5. The van der Waals surface area contributed by atoms with Gasteiger partial charge in [0.2, 0.25) is 0 Å². The molecule has 1 aromatic rings. The van der Waals surface area contributed by atoms with E-state index in [2.05, 4.69) is 63.5 Å². The van der Waals surface area contributed by atoms with Crippen molar-refractivity contribution in [2.75, 3.05) is 60.0 Å². The maximum Gasteiger partial charge on any atom is 0.191 e. The van der Waals surface area contributed by atoms with Gasteiger partial charge in [0.1, 0.15) is 5.75 Å². The second-order valence-corrected chi connectivity index (χ2v) is 9.53. The number of nitrogens with one attached hydrogen (secondary N) is 2. The predicted molar refractivity (Wildman–Crippen MR) is 145 cm³/mol. The van der Waals surface area contributed by atoms with Gasteiger partial charge in [-0.3, -0.25) is 9.89 Å². The van der Waals surface area contributed by atoms with Crippen LogP contribution in [0.2, 0.25) is 0 Å². The molecule has 0 aromatic heterocycles. The van der Waals surface area contributed by atoms with Crippen LogP contribution < -0.4 is 15.4 Å². The minimum atomic E-state index is 0. The summed E-state index contributed by atoms with van der Waals surface area (Å²) in [6, 6.07) is 8.88. The van der Waals surface area contributed by atoms with Gasteiger partial charge in [0.15, 0.2) is 5.96 Å². The Hall–Kier alpha value is -1.06. The number of rotatable bonds is 9. The molecule has 0 bridgehead atoms. The van der Waals surface area contributed by atoms with Crippen LogP contribution in [0, 0.1) is 11.8 Å². The number of nitrogens with zero attached hydrogens (tertiary/aromatic N) is 3. The second-order valence-electron chi connectivity index (χ2n) is 9.53. The monoisotopic (exact) mass is 557 g/mol. The van der Waals surface area contributed by atoms with E-state index in [1.54, 1.807) is 7.11 Å². The van der Waals surface area contributed by atoms with Crippen molar-refractivity contribution in [3.05, 3.63) is 29.8 Å². The number of halogens is 1. The lowest BCUT2D eigenvalue weighted by molar-refractivity contribution is 0.159. The van der Waals surface area contributed by atoms with Gasteiger partial charge in [0.25, 0.3) is 0 Å². The minimum Gasteiger partial charge on any atom is -0.497 e. The first-order valence-electron chi connectivity index (χ1n) is 12.1. The first-order chi connectivity index (χ1) is 15.1. The Kier molecular flexibility index (Phi) is 12.1. The van der Waals surface area contributed by atoms with Crippen LogP contribution in [0.15, 0.2) is 29.3 Å². The van der Waals surface area contributed by atoms with Gasteiger partial charge >= 0.3 is 0 Å². The number of guanidine groups is 1. The van der Waals surface area contributed by atoms with E-state index in [1.807, 2.05) is 7.05 Å². The lowest BCUT2D eigenvalue weighted by Gasteiger charge is -2.34. The van der Waals surface area contributed by atoms with Crippen LogP contribution in [0.25, 0.3) is 0 Å². The lowest BCUT2D eigenvalue weighted by Crippen LogP contribution is -2.46. The van der Waals surface area contributed by atoms with Crippen molar-refractivity contribution in [2.24, 2.45) is 16.8 Å². The van der Waals surface area contributed by atoms with Crippen LogP contribution in [-0.4, -0.2) is 75.7 Å². The normalized spacial score (nSPS) is 21.3. The van der Waals surface area contributed by atoms with E-state index in [1.165, 1.54) is 50.9 Å². The molecular formula is C25H44IN5O. The van der Waals surface area contributed by atoms with Crippen molar-refractivity contribution in [1.29, 1.82) is 0 Å². The summed E-state index contributed by atoms with van der Waals surface area (Å²) in [6.07, 6.45) is 5.18. The topological polar surface area (TPSA) is 52.1 Å². The van der Waals surface area contributed by atoms with Crippen molar-refractivity contribution < 1.29 is 4.74 Å². The third kappa shape index (κ3) is 8.37. The third-order valence-electron chi connectivity index (χ3n) is 6.55. The Morgan fingerprint density at radius 1 is 1.09 bits per heavy atom. The molecule has 2 saturated heterocycles. The number of hydrogen-bond acceptors (Lipinski definition) is 4.